The molecular weight excluding hydrogens is 531 g/mol. The van der Waals surface area contributed by atoms with E-state index in [1.807, 2.05) is 4.90 Å². The molecule has 16 heteroatoms. The number of carboxylic acid groups (broad SMARTS) is 2. The molecule has 0 unspecified atom stereocenters. The number of rotatable bonds is 6. The summed E-state index contributed by atoms with van der Waals surface area (Å²) in [6, 6.07) is 7.42. The third kappa shape index (κ3) is 7.74. The van der Waals surface area contributed by atoms with E-state index >= 15 is 0 Å². The van der Waals surface area contributed by atoms with Crippen LogP contribution in [0, 0.1) is 0 Å². The van der Waals surface area contributed by atoms with Crippen LogP contribution in [0.5, 0.6) is 0 Å². The lowest BCUT2D eigenvalue weighted by atomic mass is 10.1. The Morgan fingerprint density at radius 3 is 2.19 bits per heavy atom. The van der Waals surface area contributed by atoms with E-state index in [0.717, 1.165) is 11.3 Å². The fourth-order valence-electron chi connectivity index (χ4n) is 2.98. The molecule has 0 bridgehead atoms. The number of thiophene rings is 1. The Morgan fingerprint density at radius 2 is 1.72 bits per heavy atom. The van der Waals surface area contributed by atoms with Crippen LogP contribution >= 0.6 is 11.3 Å². The molecule has 1 aromatic carbocycles. The Kier molecular flexibility index (Phi) is 9.52. The zero-order valence-electron chi connectivity index (χ0n) is 18.7. The fourth-order valence-corrected chi connectivity index (χ4v) is 5.04. The van der Waals surface area contributed by atoms with Crippen molar-refractivity contribution in [1.82, 2.24) is 4.90 Å². The van der Waals surface area contributed by atoms with Crippen molar-refractivity contribution in [2.24, 2.45) is 0 Å². The second-order valence-electron chi connectivity index (χ2n) is 7.05. The van der Waals surface area contributed by atoms with E-state index in [2.05, 4.69) is 4.72 Å². The molecule has 1 amide bonds. The first kappa shape index (κ1) is 28.7. The average molecular weight is 554 g/mol. The van der Waals surface area contributed by atoms with Crippen molar-refractivity contribution in [1.29, 1.82) is 0 Å². The molecule has 0 spiro atoms. The number of benzene rings is 1. The highest BCUT2D eigenvalue weighted by atomic mass is 32.2. The van der Waals surface area contributed by atoms with Crippen molar-refractivity contribution in [2.75, 3.05) is 42.4 Å². The summed E-state index contributed by atoms with van der Waals surface area (Å²) < 4.78 is 64.7. The smallest absolute Gasteiger partial charge is 0.478 e. The minimum atomic E-state index is -5.08. The number of carbonyl (C=O) groups is 3. The summed E-state index contributed by atoms with van der Waals surface area (Å²) in [6.45, 7) is 3.78. The lowest BCUT2D eigenvalue weighted by Gasteiger charge is -2.36. The molecule has 2 heterocycles. The molecule has 3 rings (SSSR count). The molecule has 2 aromatic rings. The normalized spacial score (nSPS) is 13.9. The van der Waals surface area contributed by atoms with E-state index in [0.29, 0.717) is 38.5 Å². The maximum atomic E-state index is 12.7. The number of hydrogen-bond donors (Lipinski definition) is 3. The van der Waals surface area contributed by atoms with E-state index in [1.54, 1.807) is 29.3 Å². The van der Waals surface area contributed by atoms with Crippen molar-refractivity contribution >= 4 is 50.8 Å². The van der Waals surface area contributed by atoms with Crippen LogP contribution in [0.1, 0.15) is 17.3 Å². The van der Waals surface area contributed by atoms with Crippen molar-refractivity contribution < 1.29 is 50.9 Å². The van der Waals surface area contributed by atoms with Gasteiger partial charge in [0.25, 0.3) is 10.0 Å². The summed E-state index contributed by atoms with van der Waals surface area (Å²) in [7, 11) is -3.84. The Labute approximate surface area is 207 Å². The number of nitrogens with zero attached hydrogens (tertiary/aromatic N) is 2. The molecule has 198 valence electrons. The van der Waals surface area contributed by atoms with Crippen molar-refractivity contribution in [3.8, 4) is 0 Å². The van der Waals surface area contributed by atoms with E-state index < -0.39 is 28.1 Å². The third-order valence-corrected chi connectivity index (χ3v) is 7.40. The van der Waals surface area contributed by atoms with Crippen molar-refractivity contribution in [3.05, 3.63) is 41.3 Å². The molecular formula is C20H22F3N3O8S2. The van der Waals surface area contributed by atoms with E-state index in [9.17, 15) is 36.3 Å². The van der Waals surface area contributed by atoms with Gasteiger partial charge in [-0.1, -0.05) is 6.07 Å². The zero-order chi connectivity index (χ0) is 27.1. The number of anilines is 2. The summed E-state index contributed by atoms with van der Waals surface area (Å²) >= 11 is 1.07. The molecule has 3 N–H and O–H groups in total. The Balaban J connectivity index is 0.000000572. The number of piperazine rings is 1. The van der Waals surface area contributed by atoms with E-state index in [4.69, 9.17) is 14.6 Å². The van der Waals surface area contributed by atoms with Crippen LogP contribution in [0.4, 0.5) is 29.3 Å². The standard InChI is InChI=1S/C18H21N3O6S2.C2HF3O2/c1-2-27-18(24)21-9-7-20(8-10-21)15-6-5-13(17(22)23)12-14(15)19-29(25,26)16-4-3-11-28-16;3-2(4,5)1(6)7/h3-6,11-12,19H,2,7-10H2,1H3,(H,22,23);(H,6,7). The van der Waals surface area contributed by atoms with Gasteiger partial charge >= 0.3 is 24.2 Å². The molecule has 1 fully saturated rings. The predicted molar refractivity (Wildman–Crippen MR) is 123 cm³/mol. The first-order valence-corrected chi connectivity index (χ1v) is 12.5. The summed E-state index contributed by atoms with van der Waals surface area (Å²) in [6.07, 6.45) is -5.47. The minimum Gasteiger partial charge on any atom is -0.478 e. The number of aliphatic carboxylic acids is 1. The van der Waals surface area contributed by atoms with Crippen LogP contribution in [0.2, 0.25) is 0 Å². The second kappa shape index (κ2) is 11.9. The topological polar surface area (TPSA) is 154 Å². The number of sulfonamides is 1. The third-order valence-electron chi connectivity index (χ3n) is 4.64. The number of alkyl halides is 3. The molecule has 0 atom stereocenters. The highest BCUT2D eigenvalue weighted by Gasteiger charge is 2.38. The Hall–Kier alpha value is -3.53. The van der Waals surface area contributed by atoms with E-state index in [1.165, 1.54) is 18.2 Å². The molecule has 1 aromatic heterocycles. The zero-order valence-corrected chi connectivity index (χ0v) is 20.3. The maximum Gasteiger partial charge on any atom is 0.490 e. The first-order valence-electron chi connectivity index (χ1n) is 10.2. The second-order valence-corrected chi connectivity index (χ2v) is 9.91. The molecule has 0 radical (unpaired) electrons. The van der Waals surface area contributed by atoms with Crippen molar-refractivity contribution in [3.63, 3.8) is 0 Å². The van der Waals surface area contributed by atoms with Gasteiger partial charge in [0, 0.05) is 26.2 Å². The quantitative estimate of drug-likeness (QED) is 0.489. The molecule has 11 nitrogen and oxygen atoms in total. The number of amides is 1. The molecule has 1 aliphatic rings. The van der Waals surface area contributed by atoms with Crippen LogP contribution in [0.15, 0.2) is 39.9 Å². The highest BCUT2D eigenvalue weighted by molar-refractivity contribution is 7.94. The van der Waals surface area contributed by atoms with Crippen LogP contribution in [0.25, 0.3) is 0 Å². The van der Waals surface area contributed by atoms with Gasteiger partial charge in [-0.2, -0.15) is 13.2 Å². The van der Waals surface area contributed by atoms with Gasteiger partial charge in [0.2, 0.25) is 0 Å². The molecule has 1 saturated heterocycles. The largest absolute Gasteiger partial charge is 0.490 e. The Bertz CT molecular complexity index is 1180. The Morgan fingerprint density at radius 1 is 1.11 bits per heavy atom. The van der Waals surface area contributed by atoms with Crippen LogP contribution in [0.3, 0.4) is 0 Å². The predicted octanol–water partition coefficient (Wildman–Crippen LogP) is 3.16. The number of nitrogens with one attached hydrogen (secondary N) is 1. The van der Waals surface area contributed by atoms with E-state index in [-0.39, 0.29) is 21.6 Å². The SMILES string of the molecule is CCOC(=O)N1CCN(c2ccc(C(=O)O)cc2NS(=O)(=O)c2cccs2)CC1.O=C(O)C(F)(F)F. The monoisotopic (exact) mass is 553 g/mol. The maximum absolute atomic E-state index is 12.7. The first-order chi connectivity index (χ1) is 16.8. The van der Waals surface area contributed by atoms with Crippen LogP contribution in [-0.4, -0.2) is 80.5 Å². The fraction of sp³-hybridized carbons (Fsp3) is 0.350. The highest BCUT2D eigenvalue weighted by Crippen LogP contribution is 2.31. The number of aromatic carboxylic acids is 1. The van der Waals surface area contributed by atoms with Gasteiger partial charge in [-0.3, -0.25) is 4.72 Å². The van der Waals surface area contributed by atoms with Gasteiger partial charge in [0.1, 0.15) is 4.21 Å². The summed E-state index contributed by atoms with van der Waals surface area (Å²) in [5, 5.41) is 18.1. The average Bonchev–Trinajstić information content (AvgIpc) is 3.35. The number of halogens is 3. The van der Waals surface area contributed by atoms with Gasteiger partial charge in [0.05, 0.1) is 23.5 Å². The molecule has 36 heavy (non-hydrogen) atoms. The number of hydrogen-bond acceptors (Lipinski definition) is 8. The van der Waals surface area contributed by atoms with Gasteiger partial charge in [-0.15, -0.1) is 11.3 Å². The van der Waals surface area contributed by atoms with Crippen molar-refractivity contribution in [2.45, 2.75) is 17.3 Å². The summed E-state index contributed by atoms with van der Waals surface area (Å²) in [5.41, 5.74) is 0.712. The lowest BCUT2D eigenvalue weighted by molar-refractivity contribution is -0.192. The van der Waals surface area contributed by atoms with Gasteiger partial charge in [-0.25, -0.2) is 22.8 Å². The van der Waals surface area contributed by atoms with Gasteiger partial charge in [-0.05, 0) is 36.6 Å². The molecule has 0 saturated carbocycles. The molecule has 1 aliphatic heterocycles. The van der Waals surface area contributed by atoms with Gasteiger partial charge < -0.3 is 24.7 Å². The summed E-state index contributed by atoms with van der Waals surface area (Å²) in [5.74, 6) is -3.91. The number of ether oxygens (including phenoxy) is 1. The number of carboxylic acids is 2. The molecule has 0 aliphatic carbocycles. The van der Waals surface area contributed by atoms with Gasteiger partial charge in [0.15, 0.2) is 0 Å². The van der Waals surface area contributed by atoms with Crippen LogP contribution in [-0.2, 0) is 19.6 Å². The minimum absolute atomic E-state index is 0.0252. The lowest BCUT2D eigenvalue weighted by Crippen LogP contribution is -2.49. The number of carbonyl (C=O) groups excluding carboxylic acids is 1. The summed E-state index contributed by atoms with van der Waals surface area (Å²) in [4.78, 5) is 35.6. The van der Waals surface area contributed by atoms with Crippen LogP contribution < -0.4 is 9.62 Å².